The maximum atomic E-state index is 5.63. The van der Waals surface area contributed by atoms with Gasteiger partial charge in [0.2, 0.25) is 0 Å². The van der Waals surface area contributed by atoms with Crippen LogP contribution in [0.5, 0.6) is 0 Å². The Morgan fingerprint density at radius 1 is 0.824 bits per heavy atom. The monoisotopic (exact) mass is 222 g/mol. The molecule has 0 unspecified atom stereocenters. The second kappa shape index (κ2) is 3.77. The number of hydrogen-bond acceptors (Lipinski definition) is 1. The number of aryl methyl sites for hydroxylation is 1. The third-order valence-electron chi connectivity index (χ3n) is 3.28. The van der Waals surface area contributed by atoms with Crippen molar-refractivity contribution in [3.05, 3.63) is 59.9 Å². The van der Waals surface area contributed by atoms with E-state index in [4.69, 9.17) is 4.42 Å². The summed E-state index contributed by atoms with van der Waals surface area (Å²) < 4.78 is 5.63. The molecule has 17 heavy (non-hydrogen) atoms. The van der Waals surface area contributed by atoms with Crippen LogP contribution in [0.15, 0.2) is 53.1 Å². The average Bonchev–Trinajstić information content (AvgIpc) is 2.78. The van der Waals surface area contributed by atoms with Crippen LogP contribution in [0, 0.1) is 13.8 Å². The van der Waals surface area contributed by atoms with Gasteiger partial charge in [-0.3, -0.25) is 0 Å². The Bertz CT molecular complexity index is 603. The normalized spacial score (nSPS) is 10.9. The van der Waals surface area contributed by atoms with Crippen molar-refractivity contribution in [1.29, 1.82) is 0 Å². The minimum atomic E-state index is 0.987. The number of rotatable bonds is 1. The van der Waals surface area contributed by atoms with Crippen molar-refractivity contribution in [3.8, 4) is 22.5 Å². The highest BCUT2D eigenvalue weighted by atomic mass is 16.3. The van der Waals surface area contributed by atoms with Crippen LogP contribution in [0.4, 0.5) is 0 Å². The molecular formula is C16H14O. The van der Waals surface area contributed by atoms with E-state index in [1.165, 1.54) is 22.3 Å². The van der Waals surface area contributed by atoms with E-state index in [0.717, 1.165) is 11.3 Å². The van der Waals surface area contributed by atoms with Crippen molar-refractivity contribution in [1.82, 2.24) is 0 Å². The maximum Gasteiger partial charge on any atom is 0.137 e. The van der Waals surface area contributed by atoms with Crippen LogP contribution < -0.4 is 0 Å². The van der Waals surface area contributed by atoms with E-state index < -0.39 is 0 Å². The van der Waals surface area contributed by atoms with Gasteiger partial charge in [-0.1, -0.05) is 30.3 Å². The van der Waals surface area contributed by atoms with E-state index in [0.29, 0.717) is 0 Å². The highest BCUT2D eigenvalue weighted by Crippen LogP contribution is 2.34. The van der Waals surface area contributed by atoms with Crippen LogP contribution in [0.3, 0.4) is 0 Å². The average molecular weight is 222 g/mol. The van der Waals surface area contributed by atoms with Gasteiger partial charge >= 0.3 is 0 Å². The molecule has 84 valence electrons. The lowest BCUT2D eigenvalue weighted by Gasteiger charge is -1.93. The molecule has 2 aliphatic rings. The van der Waals surface area contributed by atoms with E-state index >= 15 is 0 Å². The summed E-state index contributed by atoms with van der Waals surface area (Å²) in [5, 5.41) is 0. The summed E-state index contributed by atoms with van der Waals surface area (Å²) >= 11 is 0. The van der Waals surface area contributed by atoms with Gasteiger partial charge in [0, 0.05) is 5.56 Å². The molecular weight excluding hydrogens is 208 g/mol. The predicted octanol–water partition coefficient (Wildman–Crippen LogP) is 4.67. The fraction of sp³-hybridized carbons (Fsp3) is 0.125. The first-order chi connectivity index (χ1) is 8.25. The second-order valence-corrected chi connectivity index (χ2v) is 4.44. The van der Waals surface area contributed by atoms with Crippen LogP contribution in [0.1, 0.15) is 11.1 Å². The van der Waals surface area contributed by atoms with Crippen LogP contribution in [-0.2, 0) is 0 Å². The zero-order valence-corrected chi connectivity index (χ0v) is 10.0. The third-order valence-corrected chi connectivity index (χ3v) is 3.28. The van der Waals surface area contributed by atoms with Crippen molar-refractivity contribution < 1.29 is 4.42 Å². The molecule has 0 saturated carbocycles. The molecule has 1 heterocycles. The Hall–Kier alpha value is -2.02. The fourth-order valence-corrected chi connectivity index (χ4v) is 2.13. The van der Waals surface area contributed by atoms with Crippen LogP contribution in [0.2, 0.25) is 0 Å². The first-order valence-corrected chi connectivity index (χ1v) is 5.79. The molecule has 0 atom stereocenters. The summed E-state index contributed by atoms with van der Waals surface area (Å²) in [5.41, 5.74) is 6.09. The van der Waals surface area contributed by atoms with Crippen LogP contribution >= 0.6 is 0 Å². The van der Waals surface area contributed by atoms with E-state index in [-0.39, 0.29) is 0 Å². The van der Waals surface area contributed by atoms with Gasteiger partial charge in [-0.15, -0.1) is 0 Å². The summed E-state index contributed by atoms with van der Waals surface area (Å²) in [6, 6.07) is 14.8. The van der Waals surface area contributed by atoms with Crippen LogP contribution in [-0.4, -0.2) is 0 Å². The van der Waals surface area contributed by atoms with Crippen molar-refractivity contribution in [3.63, 3.8) is 0 Å². The molecule has 0 bridgehead atoms. The predicted molar refractivity (Wildman–Crippen MR) is 70.2 cm³/mol. The molecule has 0 N–H and O–H groups in total. The summed E-state index contributed by atoms with van der Waals surface area (Å²) in [6.45, 7) is 4.18. The molecule has 0 aromatic carbocycles. The zero-order valence-electron chi connectivity index (χ0n) is 10.0. The molecule has 0 aliphatic heterocycles. The van der Waals surface area contributed by atoms with E-state index in [2.05, 4.69) is 50.2 Å². The van der Waals surface area contributed by atoms with Gasteiger partial charge in [0.25, 0.3) is 0 Å². The van der Waals surface area contributed by atoms with Gasteiger partial charge in [0.15, 0.2) is 0 Å². The zero-order chi connectivity index (χ0) is 11.8. The Morgan fingerprint density at radius 3 is 2.00 bits per heavy atom. The van der Waals surface area contributed by atoms with Gasteiger partial charge in [0.1, 0.15) is 5.76 Å². The number of furan rings is 1. The fourth-order valence-electron chi connectivity index (χ4n) is 2.13. The van der Waals surface area contributed by atoms with Gasteiger partial charge in [-0.05, 0) is 48.2 Å². The second-order valence-electron chi connectivity index (χ2n) is 4.44. The highest BCUT2D eigenvalue weighted by molar-refractivity contribution is 5.79. The molecule has 2 aliphatic carbocycles. The molecule has 3 rings (SSSR count). The minimum absolute atomic E-state index is 0.987. The smallest absolute Gasteiger partial charge is 0.137 e. The van der Waals surface area contributed by atoms with Gasteiger partial charge in [0.05, 0.1) is 6.26 Å². The first kappa shape index (κ1) is 10.2. The maximum absolute atomic E-state index is 5.63. The third kappa shape index (κ3) is 1.64. The SMILES string of the molecule is Cc1coc(-c2cc3cccccc-3c2)c1C. The molecule has 1 nitrogen and oxygen atoms in total. The largest absolute Gasteiger partial charge is 0.464 e. The van der Waals surface area contributed by atoms with Crippen molar-refractivity contribution in [2.75, 3.05) is 0 Å². The minimum Gasteiger partial charge on any atom is -0.464 e. The van der Waals surface area contributed by atoms with Gasteiger partial charge < -0.3 is 4.42 Å². The van der Waals surface area contributed by atoms with Crippen molar-refractivity contribution in [2.24, 2.45) is 0 Å². The quantitative estimate of drug-likeness (QED) is 0.583. The standard InChI is InChI=1S/C16H14O/c1-11-10-17-16(12(11)2)15-8-13-6-4-3-5-7-14(13)9-15/h3-10H,1-2H3. The lowest BCUT2D eigenvalue weighted by atomic mass is 10.1. The Morgan fingerprint density at radius 2 is 1.47 bits per heavy atom. The van der Waals surface area contributed by atoms with E-state index in [1.807, 2.05) is 12.3 Å². The van der Waals surface area contributed by atoms with Gasteiger partial charge in [-0.2, -0.15) is 0 Å². The summed E-state index contributed by atoms with van der Waals surface area (Å²) in [4.78, 5) is 0. The first-order valence-electron chi connectivity index (χ1n) is 5.79. The molecule has 0 saturated heterocycles. The number of hydrogen-bond donors (Lipinski definition) is 0. The molecule has 0 spiro atoms. The van der Waals surface area contributed by atoms with Crippen molar-refractivity contribution >= 4 is 0 Å². The summed E-state index contributed by atoms with van der Waals surface area (Å²) in [6.07, 6.45) is 1.82. The van der Waals surface area contributed by atoms with Crippen LogP contribution in [0.25, 0.3) is 22.5 Å². The van der Waals surface area contributed by atoms with E-state index in [1.54, 1.807) is 0 Å². The van der Waals surface area contributed by atoms with E-state index in [9.17, 15) is 0 Å². The Balaban J connectivity index is 2.20. The summed E-state index contributed by atoms with van der Waals surface area (Å²) in [5.74, 6) is 0.987. The Kier molecular flexibility index (Phi) is 2.25. The summed E-state index contributed by atoms with van der Waals surface area (Å²) in [7, 11) is 0. The highest BCUT2D eigenvalue weighted by Gasteiger charge is 2.12. The lowest BCUT2D eigenvalue weighted by molar-refractivity contribution is 0.579. The number of fused-ring (bicyclic) bond motifs is 1. The molecule has 1 aromatic rings. The van der Waals surface area contributed by atoms with Gasteiger partial charge in [-0.25, -0.2) is 0 Å². The molecule has 0 amide bonds. The Labute approximate surface area is 101 Å². The van der Waals surface area contributed by atoms with Crippen molar-refractivity contribution in [2.45, 2.75) is 13.8 Å². The molecule has 1 aromatic heterocycles. The lowest BCUT2D eigenvalue weighted by Crippen LogP contribution is -1.74. The topological polar surface area (TPSA) is 13.1 Å². The molecule has 1 heteroatoms. The molecule has 0 radical (unpaired) electrons. The molecule has 0 fully saturated rings.